The van der Waals surface area contributed by atoms with Crippen molar-refractivity contribution in [2.45, 2.75) is 6.61 Å². The molecule has 0 spiro atoms. The summed E-state index contributed by atoms with van der Waals surface area (Å²) in [6.07, 6.45) is 2.32. The molecule has 0 bridgehead atoms. The monoisotopic (exact) mass is 251 g/mol. The average Bonchev–Trinajstić information content (AvgIpc) is 3.01. The Labute approximate surface area is 110 Å². The van der Waals surface area contributed by atoms with Gasteiger partial charge >= 0.3 is 6.39 Å². The highest BCUT2D eigenvalue weighted by Gasteiger charge is 2.03. The van der Waals surface area contributed by atoms with Crippen molar-refractivity contribution in [2.24, 2.45) is 0 Å². The summed E-state index contributed by atoms with van der Waals surface area (Å²) in [4.78, 5) is 3.87. The zero-order valence-electron chi connectivity index (χ0n) is 10.1. The van der Waals surface area contributed by atoms with Crippen LogP contribution in [0.25, 0.3) is 11.4 Å². The summed E-state index contributed by atoms with van der Waals surface area (Å²) in [5, 5.41) is 3.73. The van der Waals surface area contributed by atoms with Gasteiger partial charge in [0.25, 0.3) is 0 Å². The molecule has 0 aliphatic rings. The molecule has 1 radical (unpaired) electrons. The summed E-state index contributed by atoms with van der Waals surface area (Å²) in [5.41, 5.74) is 2.01. The SMILES string of the molecule is [c]1nc(-c2ccc(OCc3ccccc3)cc2)no1. The summed E-state index contributed by atoms with van der Waals surface area (Å²) < 4.78 is 10.3. The molecule has 0 aliphatic carbocycles. The Morgan fingerprint density at radius 3 is 2.47 bits per heavy atom. The first-order valence-electron chi connectivity index (χ1n) is 5.89. The van der Waals surface area contributed by atoms with Crippen LogP contribution in [0.3, 0.4) is 0 Å². The number of rotatable bonds is 4. The van der Waals surface area contributed by atoms with Gasteiger partial charge < -0.3 is 9.26 Å². The number of nitrogens with zero attached hydrogens (tertiary/aromatic N) is 2. The van der Waals surface area contributed by atoms with Gasteiger partial charge in [-0.05, 0) is 29.8 Å². The van der Waals surface area contributed by atoms with E-state index in [0.29, 0.717) is 12.4 Å². The van der Waals surface area contributed by atoms with Crippen molar-refractivity contribution in [1.29, 1.82) is 0 Å². The first-order chi connectivity index (χ1) is 9.42. The molecule has 1 heterocycles. The minimum absolute atomic E-state index is 0.523. The lowest BCUT2D eigenvalue weighted by molar-refractivity contribution is 0.306. The van der Waals surface area contributed by atoms with Crippen LogP contribution in [0.2, 0.25) is 0 Å². The lowest BCUT2D eigenvalue weighted by Crippen LogP contribution is -1.94. The molecular weight excluding hydrogens is 240 g/mol. The van der Waals surface area contributed by atoms with Crippen molar-refractivity contribution >= 4 is 0 Å². The fourth-order valence-corrected chi connectivity index (χ4v) is 1.71. The molecule has 19 heavy (non-hydrogen) atoms. The van der Waals surface area contributed by atoms with Gasteiger partial charge in [-0.2, -0.15) is 4.98 Å². The zero-order valence-corrected chi connectivity index (χ0v) is 10.1. The van der Waals surface area contributed by atoms with E-state index in [0.717, 1.165) is 16.9 Å². The predicted octanol–water partition coefficient (Wildman–Crippen LogP) is 3.12. The van der Waals surface area contributed by atoms with Crippen LogP contribution in [-0.2, 0) is 6.61 Å². The van der Waals surface area contributed by atoms with E-state index in [1.54, 1.807) is 0 Å². The van der Waals surface area contributed by atoms with Crippen LogP contribution in [-0.4, -0.2) is 10.1 Å². The van der Waals surface area contributed by atoms with Crippen molar-refractivity contribution in [2.75, 3.05) is 0 Å². The summed E-state index contributed by atoms with van der Waals surface area (Å²) in [7, 11) is 0. The first kappa shape index (κ1) is 11.5. The van der Waals surface area contributed by atoms with Gasteiger partial charge in [0.1, 0.15) is 12.4 Å². The van der Waals surface area contributed by atoms with Gasteiger partial charge in [-0.3, -0.25) is 0 Å². The topological polar surface area (TPSA) is 48.2 Å². The fraction of sp³-hybridized carbons (Fsp3) is 0.0667. The molecule has 0 saturated heterocycles. The molecule has 93 valence electrons. The van der Waals surface area contributed by atoms with Gasteiger partial charge in [0.15, 0.2) is 0 Å². The summed E-state index contributed by atoms with van der Waals surface area (Å²) in [5.74, 6) is 1.33. The molecule has 4 nitrogen and oxygen atoms in total. The molecule has 0 amide bonds. The minimum Gasteiger partial charge on any atom is -0.489 e. The van der Waals surface area contributed by atoms with E-state index >= 15 is 0 Å². The zero-order chi connectivity index (χ0) is 12.9. The quantitative estimate of drug-likeness (QED) is 0.714. The van der Waals surface area contributed by atoms with Crippen molar-refractivity contribution in [3.8, 4) is 17.1 Å². The largest absolute Gasteiger partial charge is 0.489 e. The lowest BCUT2D eigenvalue weighted by Gasteiger charge is -2.06. The second-order valence-electron chi connectivity index (χ2n) is 4.01. The number of aromatic nitrogens is 2. The minimum atomic E-state index is 0.523. The standard InChI is InChI=1S/C15H11N2O2/c1-2-4-12(5-3-1)10-18-14-8-6-13(7-9-14)15-16-11-19-17-15/h1-9H,10H2. The third kappa shape index (κ3) is 2.80. The van der Waals surface area contributed by atoms with Crippen LogP contribution in [0.4, 0.5) is 0 Å². The van der Waals surface area contributed by atoms with E-state index < -0.39 is 0 Å². The van der Waals surface area contributed by atoms with E-state index in [-0.39, 0.29) is 0 Å². The summed E-state index contributed by atoms with van der Waals surface area (Å²) in [6, 6.07) is 17.6. The Morgan fingerprint density at radius 2 is 1.79 bits per heavy atom. The van der Waals surface area contributed by atoms with Crippen molar-refractivity contribution in [3.63, 3.8) is 0 Å². The van der Waals surface area contributed by atoms with Crippen LogP contribution in [0.15, 0.2) is 59.1 Å². The maximum atomic E-state index is 5.69. The lowest BCUT2D eigenvalue weighted by atomic mass is 10.2. The number of ether oxygens (including phenoxy) is 1. The molecule has 0 fully saturated rings. The second kappa shape index (κ2) is 5.35. The molecule has 0 aliphatic heterocycles. The van der Waals surface area contributed by atoms with E-state index in [9.17, 15) is 0 Å². The molecule has 2 aromatic carbocycles. The Bertz CT molecular complexity index is 619. The van der Waals surface area contributed by atoms with Crippen molar-refractivity contribution in [3.05, 3.63) is 66.6 Å². The van der Waals surface area contributed by atoms with Crippen LogP contribution >= 0.6 is 0 Å². The van der Waals surface area contributed by atoms with Gasteiger partial charge in [0.2, 0.25) is 5.82 Å². The first-order valence-corrected chi connectivity index (χ1v) is 5.89. The Balaban J connectivity index is 1.67. The normalized spacial score (nSPS) is 10.3. The molecule has 3 aromatic rings. The van der Waals surface area contributed by atoms with Gasteiger partial charge in [-0.25, -0.2) is 0 Å². The fourth-order valence-electron chi connectivity index (χ4n) is 1.71. The van der Waals surface area contributed by atoms with E-state index in [1.165, 1.54) is 0 Å². The molecule has 0 unspecified atom stereocenters. The third-order valence-corrected chi connectivity index (χ3v) is 2.69. The number of hydrogen-bond acceptors (Lipinski definition) is 4. The van der Waals surface area contributed by atoms with Gasteiger partial charge in [0.05, 0.1) is 0 Å². The molecular formula is C15H11N2O2. The smallest absolute Gasteiger partial charge is 0.316 e. The highest BCUT2D eigenvalue weighted by Crippen LogP contribution is 2.19. The number of hydrogen-bond donors (Lipinski definition) is 0. The maximum Gasteiger partial charge on any atom is 0.316 e. The Kier molecular flexibility index (Phi) is 3.23. The van der Waals surface area contributed by atoms with E-state index in [1.807, 2.05) is 54.6 Å². The molecule has 0 atom stereocenters. The van der Waals surface area contributed by atoms with Crippen LogP contribution < -0.4 is 4.74 Å². The summed E-state index contributed by atoms with van der Waals surface area (Å²) >= 11 is 0. The van der Waals surface area contributed by atoms with Gasteiger partial charge in [-0.1, -0.05) is 35.5 Å². The van der Waals surface area contributed by atoms with Gasteiger partial charge in [0, 0.05) is 5.56 Å². The van der Waals surface area contributed by atoms with Crippen molar-refractivity contribution < 1.29 is 9.26 Å². The molecule has 3 rings (SSSR count). The maximum absolute atomic E-state index is 5.69. The van der Waals surface area contributed by atoms with Crippen LogP contribution in [0, 0.1) is 6.39 Å². The Hall–Kier alpha value is -2.62. The van der Waals surface area contributed by atoms with Crippen molar-refractivity contribution in [1.82, 2.24) is 10.1 Å². The number of benzene rings is 2. The Morgan fingerprint density at radius 1 is 1.00 bits per heavy atom. The van der Waals surface area contributed by atoms with E-state index in [4.69, 9.17) is 4.74 Å². The predicted molar refractivity (Wildman–Crippen MR) is 69.3 cm³/mol. The third-order valence-electron chi connectivity index (χ3n) is 2.69. The molecule has 4 heteroatoms. The molecule has 0 N–H and O–H groups in total. The van der Waals surface area contributed by atoms with Crippen LogP contribution in [0.5, 0.6) is 5.75 Å². The van der Waals surface area contributed by atoms with Gasteiger partial charge in [-0.15, -0.1) is 0 Å². The van der Waals surface area contributed by atoms with Crippen LogP contribution in [0.1, 0.15) is 5.56 Å². The summed E-state index contributed by atoms with van der Waals surface area (Å²) in [6.45, 7) is 0.552. The molecule has 1 aromatic heterocycles. The highest BCUT2D eigenvalue weighted by molar-refractivity contribution is 5.55. The second-order valence-corrected chi connectivity index (χ2v) is 4.01. The highest BCUT2D eigenvalue weighted by atomic mass is 16.5. The molecule has 0 saturated carbocycles. The van der Waals surface area contributed by atoms with E-state index in [2.05, 4.69) is 21.1 Å². The average molecular weight is 251 g/mol.